The van der Waals surface area contributed by atoms with Gasteiger partial charge in [-0.25, -0.2) is 9.97 Å². The number of halogens is 1. The van der Waals surface area contributed by atoms with Gasteiger partial charge < -0.3 is 9.30 Å². The van der Waals surface area contributed by atoms with Crippen molar-refractivity contribution in [2.45, 2.75) is 44.7 Å². The molecule has 0 aliphatic carbocycles. The number of imidazole rings is 1. The summed E-state index contributed by atoms with van der Waals surface area (Å²) in [6.07, 6.45) is 4.30. The third kappa shape index (κ3) is 2.42. The molecule has 1 aliphatic heterocycles. The van der Waals surface area contributed by atoms with Gasteiger partial charge in [0, 0.05) is 25.3 Å². The SMILES string of the molecule is CCC1OCCC1Cn1c(C(C)Cl)nc2cccnc21. The Hall–Kier alpha value is -1.13. The van der Waals surface area contributed by atoms with Crippen LogP contribution in [-0.4, -0.2) is 27.2 Å². The van der Waals surface area contributed by atoms with Crippen molar-refractivity contribution in [3.8, 4) is 0 Å². The van der Waals surface area contributed by atoms with Crippen LogP contribution in [0.3, 0.4) is 0 Å². The minimum absolute atomic E-state index is 0.119. The Balaban J connectivity index is 1.98. The predicted octanol–water partition coefficient (Wildman–Crippen LogP) is 3.55. The molecule has 0 spiro atoms. The minimum Gasteiger partial charge on any atom is -0.378 e. The third-order valence-corrected chi connectivity index (χ3v) is 4.25. The van der Waals surface area contributed by atoms with E-state index >= 15 is 0 Å². The predicted molar refractivity (Wildman–Crippen MR) is 79.9 cm³/mol. The smallest absolute Gasteiger partial charge is 0.160 e. The van der Waals surface area contributed by atoms with E-state index in [9.17, 15) is 0 Å². The van der Waals surface area contributed by atoms with Gasteiger partial charge in [0.25, 0.3) is 0 Å². The zero-order chi connectivity index (χ0) is 14.1. The first-order valence-electron chi connectivity index (χ1n) is 7.27. The third-order valence-electron chi connectivity index (χ3n) is 4.05. The quantitative estimate of drug-likeness (QED) is 0.810. The Labute approximate surface area is 124 Å². The van der Waals surface area contributed by atoms with Crippen molar-refractivity contribution < 1.29 is 4.74 Å². The Kier molecular flexibility index (Phi) is 3.94. The van der Waals surface area contributed by atoms with Crippen LogP contribution in [0.5, 0.6) is 0 Å². The van der Waals surface area contributed by atoms with Gasteiger partial charge in [-0.15, -0.1) is 11.6 Å². The summed E-state index contributed by atoms with van der Waals surface area (Å²) in [5.74, 6) is 1.43. The van der Waals surface area contributed by atoms with Gasteiger partial charge in [0.1, 0.15) is 11.3 Å². The maximum absolute atomic E-state index is 6.29. The standard InChI is InChI=1S/C15H20ClN3O/c1-3-13-11(6-8-20-13)9-19-14(10(2)16)18-12-5-4-7-17-15(12)19/h4-5,7,10-11,13H,3,6,8-9H2,1-2H3. The molecule has 1 fully saturated rings. The number of rotatable bonds is 4. The second-order valence-electron chi connectivity index (χ2n) is 5.41. The normalized spacial score (nSPS) is 24.4. The number of aromatic nitrogens is 3. The highest BCUT2D eigenvalue weighted by molar-refractivity contribution is 6.20. The van der Waals surface area contributed by atoms with Crippen molar-refractivity contribution in [2.75, 3.05) is 6.61 Å². The molecular formula is C15H20ClN3O. The van der Waals surface area contributed by atoms with E-state index in [0.717, 1.165) is 43.0 Å². The van der Waals surface area contributed by atoms with E-state index < -0.39 is 0 Å². The fourth-order valence-corrected chi connectivity index (χ4v) is 3.21. The Bertz CT molecular complexity index is 596. The minimum atomic E-state index is -0.119. The summed E-state index contributed by atoms with van der Waals surface area (Å²) in [4.78, 5) is 9.11. The highest BCUT2D eigenvalue weighted by Crippen LogP contribution is 2.29. The average molecular weight is 294 g/mol. The second kappa shape index (κ2) is 5.70. The van der Waals surface area contributed by atoms with E-state index in [1.807, 2.05) is 25.3 Å². The number of fused-ring (bicyclic) bond motifs is 1. The monoisotopic (exact) mass is 293 g/mol. The zero-order valence-electron chi connectivity index (χ0n) is 11.9. The Morgan fingerprint density at radius 1 is 1.55 bits per heavy atom. The van der Waals surface area contributed by atoms with E-state index in [4.69, 9.17) is 16.3 Å². The number of hydrogen-bond acceptors (Lipinski definition) is 3. The first kappa shape index (κ1) is 13.8. The molecule has 5 heteroatoms. The van der Waals surface area contributed by atoms with Crippen LogP contribution >= 0.6 is 11.6 Å². The average Bonchev–Trinajstić information content (AvgIpc) is 3.04. The molecular weight excluding hydrogens is 274 g/mol. The summed E-state index contributed by atoms with van der Waals surface area (Å²) in [5.41, 5.74) is 1.85. The Morgan fingerprint density at radius 2 is 2.40 bits per heavy atom. The largest absolute Gasteiger partial charge is 0.378 e. The molecule has 3 rings (SSSR count). The van der Waals surface area contributed by atoms with Crippen LogP contribution in [0.4, 0.5) is 0 Å². The van der Waals surface area contributed by atoms with Crippen molar-refractivity contribution in [2.24, 2.45) is 5.92 Å². The zero-order valence-corrected chi connectivity index (χ0v) is 12.7. The number of alkyl halides is 1. The van der Waals surface area contributed by atoms with Crippen molar-refractivity contribution in [1.29, 1.82) is 0 Å². The fourth-order valence-electron chi connectivity index (χ4n) is 3.05. The van der Waals surface area contributed by atoms with Gasteiger partial charge in [-0.2, -0.15) is 0 Å². The van der Waals surface area contributed by atoms with Crippen molar-refractivity contribution in [3.63, 3.8) is 0 Å². The molecule has 0 amide bonds. The molecule has 3 heterocycles. The highest BCUT2D eigenvalue weighted by Gasteiger charge is 2.29. The van der Waals surface area contributed by atoms with Crippen LogP contribution in [0.25, 0.3) is 11.2 Å². The lowest BCUT2D eigenvalue weighted by molar-refractivity contribution is 0.0835. The van der Waals surface area contributed by atoms with Crippen LogP contribution in [0.15, 0.2) is 18.3 Å². The number of pyridine rings is 1. The second-order valence-corrected chi connectivity index (χ2v) is 6.06. The maximum Gasteiger partial charge on any atom is 0.160 e. The van der Waals surface area contributed by atoms with Gasteiger partial charge in [-0.3, -0.25) is 0 Å². The fraction of sp³-hybridized carbons (Fsp3) is 0.600. The lowest BCUT2D eigenvalue weighted by Gasteiger charge is -2.19. The molecule has 3 unspecified atom stereocenters. The van der Waals surface area contributed by atoms with Crippen LogP contribution in [0.1, 0.15) is 37.9 Å². The van der Waals surface area contributed by atoms with Crippen LogP contribution in [0.2, 0.25) is 0 Å². The van der Waals surface area contributed by atoms with Crippen LogP contribution in [-0.2, 0) is 11.3 Å². The highest BCUT2D eigenvalue weighted by atomic mass is 35.5. The summed E-state index contributed by atoms with van der Waals surface area (Å²) >= 11 is 6.29. The van der Waals surface area contributed by atoms with Crippen molar-refractivity contribution in [1.82, 2.24) is 14.5 Å². The molecule has 2 aromatic heterocycles. The van der Waals surface area contributed by atoms with E-state index in [-0.39, 0.29) is 5.38 Å². The van der Waals surface area contributed by atoms with Crippen LogP contribution < -0.4 is 0 Å². The van der Waals surface area contributed by atoms with E-state index in [2.05, 4.69) is 21.5 Å². The van der Waals surface area contributed by atoms with Crippen molar-refractivity contribution >= 4 is 22.8 Å². The molecule has 108 valence electrons. The Morgan fingerprint density at radius 3 is 3.15 bits per heavy atom. The van der Waals surface area contributed by atoms with Crippen molar-refractivity contribution in [3.05, 3.63) is 24.2 Å². The molecule has 1 saturated heterocycles. The molecule has 0 saturated carbocycles. The summed E-state index contributed by atoms with van der Waals surface area (Å²) in [6.45, 7) is 5.88. The van der Waals surface area contributed by atoms with Gasteiger partial charge in [-0.1, -0.05) is 6.92 Å². The molecule has 0 radical (unpaired) electrons. The molecule has 3 atom stereocenters. The molecule has 0 bridgehead atoms. The van der Waals surface area contributed by atoms with Gasteiger partial charge in [0.2, 0.25) is 0 Å². The maximum atomic E-state index is 6.29. The summed E-state index contributed by atoms with van der Waals surface area (Å²) in [5, 5.41) is -0.119. The molecule has 2 aromatic rings. The molecule has 0 aromatic carbocycles. The van der Waals surface area contributed by atoms with E-state index in [1.165, 1.54) is 0 Å². The molecule has 0 N–H and O–H groups in total. The summed E-state index contributed by atoms with van der Waals surface area (Å²) in [6, 6.07) is 3.90. The van der Waals surface area contributed by atoms with Gasteiger partial charge in [0.15, 0.2) is 5.65 Å². The number of nitrogens with zero attached hydrogens (tertiary/aromatic N) is 3. The van der Waals surface area contributed by atoms with Crippen LogP contribution in [0, 0.1) is 5.92 Å². The topological polar surface area (TPSA) is 39.9 Å². The van der Waals surface area contributed by atoms with Gasteiger partial charge in [-0.05, 0) is 31.9 Å². The van der Waals surface area contributed by atoms with E-state index in [0.29, 0.717) is 12.0 Å². The van der Waals surface area contributed by atoms with Gasteiger partial charge >= 0.3 is 0 Å². The first-order chi connectivity index (χ1) is 9.70. The molecule has 20 heavy (non-hydrogen) atoms. The summed E-state index contributed by atoms with van der Waals surface area (Å²) < 4.78 is 7.96. The lowest BCUT2D eigenvalue weighted by atomic mass is 9.99. The lowest BCUT2D eigenvalue weighted by Crippen LogP contribution is -2.21. The number of ether oxygens (including phenoxy) is 1. The first-order valence-corrected chi connectivity index (χ1v) is 7.71. The summed E-state index contributed by atoms with van der Waals surface area (Å²) in [7, 11) is 0. The molecule has 4 nitrogen and oxygen atoms in total. The van der Waals surface area contributed by atoms with Gasteiger partial charge in [0.05, 0.1) is 11.5 Å². The van der Waals surface area contributed by atoms with E-state index in [1.54, 1.807) is 0 Å². The molecule has 1 aliphatic rings. The number of hydrogen-bond donors (Lipinski definition) is 0.